The van der Waals surface area contributed by atoms with Gasteiger partial charge >= 0.3 is 0 Å². The summed E-state index contributed by atoms with van der Waals surface area (Å²) in [7, 11) is 0. The van der Waals surface area contributed by atoms with Gasteiger partial charge in [0.1, 0.15) is 0 Å². The summed E-state index contributed by atoms with van der Waals surface area (Å²) < 4.78 is 0. The van der Waals surface area contributed by atoms with E-state index in [1.807, 2.05) is 18.2 Å². The van der Waals surface area contributed by atoms with Crippen LogP contribution in [-0.2, 0) is 0 Å². The number of nitrogens with one attached hydrogen (secondary N) is 1. The van der Waals surface area contributed by atoms with Crippen LogP contribution in [0.2, 0.25) is 0 Å². The van der Waals surface area contributed by atoms with Crippen molar-refractivity contribution in [3.8, 4) is 0 Å². The molecule has 1 aliphatic rings. The van der Waals surface area contributed by atoms with Crippen LogP contribution in [0.3, 0.4) is 0 Å². The summed E-state index contributed by atoms with van der Waals surface area (Å²) in [5.41, 5.74) is 3.28. The second-order valence-corrected chi connectivity index (χ2v) is 5.79. The highest BCUT2D eigenvalue weighted by Crippen LogP contribution is 2.17. The number of hydrogen-bond donors (Lipinski definition) is 1. The quantitative estimate of drug-likeness (QED) is 0.658. The number of benzene rings is 1. The van der Waals surface area contributed by atoms with E-state index >= 15 is 0 Å². The summed E-state index contributed by atoms with van der Waals surface area (Å²) in [6.07, 6.45) is 7.75. The van der Waals surface area contributed by atoms with Gasteiger partial charge in [0.05, 0.1) is 6.54 Å². The molecule has 0 radical (unpaired) electrons. The predicted molar refractivity (Wildman–Crippen MR) is 79.7 cm³/mol. The van der Waals surface area contributed by atoms with Crippen molar-refractivity contribution in [1.29, 1.82) is 0 Å². The number of carbonyl (C=O) groups excluding carboxylic acids is 1. The number of carbonyl (C=O) groups is 1. The maximum absolute atomic E-state index is 12.2. The van der Waals surface area contributed by atoms with E-state index < -0.39 is 0 Å². The second kappa shape index (κ2) is 6.85. The molecule has 1 saturated carbocycles. The highest BCUT2D eigenvalue weighted by Gasteiger charge is 2.14. The van der Waals surface area contributed by atoms with Crippen molar-refractivity contribution in [2.24, 2.45) is 0 Å². The molecule has 0 heterocycles. The first-order valence-electron chi connectivity index (χ1n) is 7.50. The van der Waals surface area contributed by atoms with Crippen LogP contribution in [0.15, 0.2) is 18.2 Å². The number of rotatable bonds is 4. The lowest BCUT2D eigenvalue weighted by Crippen LogP contribution is -2.33. The van der Waals surface area contributed by atoms with Crippen LogP contribution < -0.4 is 5.32 Å². The van der Waals surface area contributed by atoms with Gasteiger partial charge in [0, 0.05) is 11.6 Å². The third-order valence-corrected chi connectivity index (χ3v) is 4.24. The average Bonchev–Trinajstić information content (AvgIpc) is 2.67. The van der Waals surface area contributed by atoms with Crippen LogP contribution in [-0.4, -0.2) is 18.4 Å². The van der Waals surface area contributed by atoms with E-state index in [1.165, 1.54) is 49.7 Å². The van der Waals surface area contributed by atoms with Crippen molar-refractivity contribution in [1.82, 2.24) is 5.32 Å². The van der Waals surface area contributed by atoms with Crippen molar-refractivity contribution in [2.45, 2.75) is 58.4 Å². The lowest BCUT2D eigenvalue weighted by molar-refractivity contribution is 0.0986. The molecule has 1 N–H and O–H groups in total. The molecule has 0 atom stereocenters. The summed E-state index contributed by atoms with van der Waals surface area (Å²) in [6, 6.07) is 6.53. The normalized spacial score (nSPS) is 17.2. The van der Waals surface area contributed by atoms with Crippen molar-refractivity contribution >= 4 is 5.78 Å². The Hall–Kier alpha value is -1.15. The molecule has 2 nitrogen and oxygen atoms in total. The molecule has 2 heteroatoms. The second-order valence-electron chi connectivity index (χ2n) is 5.79. The Morgan fingerprint density at radius 2 is 1.79 bits per heavy atom. The van der Waals surface area contributed by atoms with Gasteiger partial charge in [0.25, 0.3) is 0 Å². The van der Waals surface area contributed by atoms with Gasteiger partial charge in [-0.05, 0) is 43.9 Å². The standard InChI is InChI=1S/C17H25NO/c1-13-9-10-15(11-14(13)2)17(19)12-18-16-7-5-3-4-6-8-16/h9-11,16,18H,3-8,12H2,1-2H3. The SMILES string of the molecule is Cc1ccc(C(=O)CNC2CCCCCC2)cc1C. The minimum Gasteiger partial charge on any atom is -0.307 e. The van der Waals surface area contributed by atoms with E-state index in [0.717, 1.165) is 5.56 Å². The minimum absolute atomic E-state index is 0.215. The van der Waals surface area contributed by atoms with Gasteiger partial charge in [-0.2, -0.15) is 0 Å². The molecule has 0 saturated heterocycles. The first-order chi connectivity index (χ1) is 9.16. The summed E-state index contributed by atoms with van der Waals surface area (Å²) in [5, 5.41) is 3.44. The third kappa shape index (κ3) is 4.17. The monoisotopic (exact) mass is 259 g/mol. The number of hydrogen-bond acceptors (Lipinski definition) is 2. The molecule has 0 unspecified atom stereocenters. The number of ketones is 1. The van der Waals surface area contributed by atoms with Crippen molar-refractivity contribution in [3.05, 3.63) is 34.9 Å². The molecule has 0 aliphatic heterocycles. The fourth-order valence-corrected chi connectivity index (χ4v) is 2.74. The van der Waals surface area contributed by atoms with E-state index in [0.29, 0.717) is 12.6 Å². The largest absolute Gasteiger partial charge is 0.307 e. The van der Waals surface area contributed by atoms with E-state index in [9.17, 15) is 4.79 Å². The van der Waals surface area contributed by atoms with Crippen LogP contribution in [0.4, 0.5) is 0 Å². The third-order valence-electron chi connectivity index (χ3n) is 4.24. The molecule has 1 aromatic carbocycles. The van der Waals surface area contributed by atoms with E-state index in [-0.39, 0.29) is 5.78 Å². The summed E-state index contributed by atoms with van der Waals surface area (Å²) in [6.45, 7) is 4.62. The van der Waals surface area contributed by atoms with E-state index in [1.54, 1.807) is 0 Å². The van der Waals surface area contributed by atoms with Crippen LogP contribution in [0, 0.1) is 13.8 Å². The van der Waals surface area contributed by atoms with Crippen LogP contribution in [0.1, 0.15) is 60.0 Å². The molecule has 104 valence electrons. The molecule has 0 bridgehead atoms. The lowest BCUT2D eigenvalue weighted by Gasteiger charge is -2.15. The van der Waals surface area contributed by atoms with Crippen molar-refractivity contribution in [3.63, 3.8) is 0 Å². The summed E-state index contributed by atoms with van der Waals surface area (Å²) in [4.78, 5) is 12.2. The van der Waals surface area contributed by atoms with Gasteiger partial charge in [0.15, 0.2) is 5.78 Å². The fourth-order valence-electron chi connectivity index (χ4n) is 2.74. The van der Waals surface area contributed by atoms with Gasteiger partial charge in [-0.25, -0.2) is 0 Å². The maximum atomic E-state index is 12.2. The van der Waals surface area contributed by atoms with Gasteiger partial charge < -0.3 is 5.32 Å². The maximum Gasteiger partial charge on any atom is 0.176 e. The Bertz CT molecular complexity index is 431. The zero-order valence-corrected chi connectivity index (χ0v) is 12.2. The highest BCUT2D eigenvalue weighted by atomic mass is 16.1. The molecule has 0 amide bonds. The highest BCUT2D eigenvalue weighted by molar-refractivity contribution is 5.97. The fraction of sp³-hybridized carbons (Fsp3) is 0.588. The number of Topliss-reactive ketones (excluding diaryl/α,β-unsaturated/α-hetero) is 1. The molecular weight excluding hydrogens is 234 g/mol. The zero-order chi connectivity index (χ0) is 13.7. The Morgan fingerprint density at radius 1 is 1.11 bits per heavy atom. The van der Waals surface area contributed by atoms with Crippen LogP contribution >= 0.6 is 0 Å². The first kappa shape index (κ1) is 14.3. The Balaban J connectivity index is 1.87. The minimum atomic E-state index is 0.215. The summed E-state index contributed by atoms with van der Waals surface area (Å²) in [5.74, 6) is 0.215. The average molecular weight is 259 g/mol. The number of aryl methyl sites for hydroxylation is 2. The molecular formula is C17H25NO. The molecule has 19 heavy (non-hydrogen) atoms. The van der Waals surface area contributed by atoms with Gasteiger partial charge in [-0.3, -0.25) is 4.79 Å². The van der Waals surface area contributed by atoms with Gasteiger partial charge in [-0.15, -0.1) is 0 Å². The predicted octanol–water partition coefficient (Wildman–Crippen LogP) is 3.80. The molecule has 0 spiro atoms. The van der Waals surface area contributed by atoms with Crippen LogP contribution in [0.5, 0.6) is 0 Å². The van der Waals surface area contributed by atoms with Crippen LogP contribution in [0.25, 0.3) is 0 Å². The topological polar surface area (TPSA) is 29.1 Å². The summed E-state index contributed by atoms with van der Waals surface area (Å²) >= 11 is 0. The molecule has 1 fully saturated rings. The van der Waals surface area contributed by atoms with Crippen molar-refractivity contribution < 1.29 is 4.79 Å². The Kier molecular flexibility index (Phi) is 5.15. The Labute approximate surface area is 116 Å². The van der Waals surface area contributed by atoms with E-state index in [4.69, 9.17) is 0 Å². The molecule has 1 aromatic rings. The zero-order valence-electron chi connectivity index (χ0n) is 12.2. The van der Waals surface area contributed by atoms with E-state index in [2.05, 4.69) is 19.2 Å². The molecule has 1 aliphatic carbocycles. The van der Waals surface area contributed by atoms with Gasteiger partial charge in [-0.1, -0.05) is 37.8 Å². The van der Waals surface area contributed by atoms with Crippen molar-refractivity contribution in [2.75, 3.05) is 6.54 Å². The lowest BCUT2D eigenvalue weighted by atomic mass is 10.0. The smallest absolute Gasteiger partial charge is 0.176 e. The Morgan fingerprint density at radius 3 is 2.42 bits per heavy atom. The molecule has 2 rings (SSSR count). The van der Waals surface area contributed by atoms with Gasteiger partial charge in [0.2, 0.25) is 0 Å². The first-order valence-corrected chi connectivity index (χ1v) is 7.50. The molecule has 0 aromatic heterocycles.